The molecule has 0 saturated heterocycles. The normalized spacial score (nSPS) is 8.67. The van der Waals surface area contributed by atoms with Crippen molar-refractivity contribution in [2.24, 2.45) is 0 Å². The second kappa shape index (κ2) is 13.2. The fourth-order valence-corrected chi connectivity index (χ4v) is 1.99. The van der Waals surface area contributed by atoms with Gasteiger partial charge in [-0.1, -0.05) is 36.4 Å². The Balaban J connectivity index is 0.000000357. The van der Waals surface area contributed by atoms with Crippen LogP contribution in [0.2, 0.25) is 0 Å². The predicted molar refractivity (Wildman–Crippen MR) is 98.0 cm³/mol. The third-order valence-electron chi connectivity index (χ3n) is 2.93. The second-order valence-corrected chi connectivity index (χ2v) is 5.11. The summed E-state index contributed by atoms with van der Waals surface area (Å²) in [5.74, 6) is -2.17. The van der Waals surface area contributed by atoms with E-state index in [9.17, 15) is 0 Å². The van der Waals surface area contributed by atoms with Gasteiger partial charge < -0.3 is 29.8 Å². The molecule has 0 radical (unpaired) electrons. The average Bonchev–Trinajstić information content (AvgIpc) is 3.23. The Hall–Kier alpha value is -3.02. The maximum Gasteiger partial charge on any atom is 2.00 e. The van der Waals surface area contributed by atoms with Gasteiger partial charge in [0, 0.05) is 35.4 Å². The number of aliphatic carboxylic acids is 2. The molecule has 2 N–H and O–H groups in total. The summed E-state index contributed by atoms with van der Waals surface area (Å²) >= 11 is 0. The number of hydrogen-bond donors (Lipinski definition) is 2. The number of carbonyl (C=O) groups excluding carboxylic acids is 2. The van der Waals surface area contributed by atoms with E-state index in [2.05, 4.69) is 46.4 Å². The van der Waals surface area contributed by atoms with Crippen LogP contribution in [0.3, 0.4) is 0 Å². The van der Waals surface area contributed by atoms with Crippen molar-refractivity contribution in [2.45, 2.75) is 13.8 Å². The van der Waals surface area contributed by atoms with Crippen molar-refractivity contribution >= 4 is 33.7 Å². The number of aromatic nitrogens is 2. The van der Waals surface area contributed by atoms with Gasteiger partial charge >= 0.3 is 17.1 Å². The summed E-state index contributed by atoms with van der Waals surface area (Å²) in [5, 5.41) is 20.3. The van der Waals surface area contributed by atoms with E-state index in [-0.39, 0.29) is 17.1 Å². The Labute approximate surface area is 167 Å². The SMILES string of the molecule is CC(=O)[O-].CC(=O)[O-].[Fe+2].c1ccc2[nH]ccc2c1.c1ccc2[nH]ccc2c1. The first-order valence-electron chi connectivity index (χ1n) is 7.79. The summed E-state index contributed by atoms with van der Waals surface area (Å²) in [4.78, 5) is 24.0. The molecule has 0 amide bonds. The number of carboxylic acids is 2. The van der Waals surface area contributed by atoms with E-state index in [4.69, 9.17) is 19.8 Å². The van der Waals surface area contributed by atoms with Crippen molar-refractivity contribution in [3.8, 4) is 0 Å². The molecule has 0 saturated carbocycles. The number of para-hydroxylation sites is 2. The molecule has 6 nitrogen and oxygen atoms in total. The summed E-state index contributed by atoms with van der Waals surface area (Å²) < 4.78 is 0. The number of fused-ring (bicyclic) bond motifs is 2. The van der Waals surface area contributed by atoms with Crippen LogP contribution in [0.1, 0.15) is 13.8 Å². The van der Waals surface area contributed by atoms with E-state index in [0.29, 0.717) is 0 Å². The molecule has 0 spiro atoms. The van der Waals surface area contributed by atoms with Crippen LogP contribution in [0.5, 0.6) is 0 Å². The monoisotopic (exact) mass is 408 g/mol. The minimum Gasteiger partial charge on any atom is -0.550 e. The van der Waals surface area contributed by atoms with E-state index < -0.39 is 11.9 Å². The molecule has 0 bridgehead atoms. The molecule has 4 rings (SSSR count). The molecule has 27 heavy (non-hydrogen) atoms. The van der Waals surface area contributed by atoms with Crippen molar-refractivity contribution in [3.05, 3.63) is 73.1 Å². The number of nitrogens with one attached hydrogen (secondary N) is 2. The number of aromatic amines is 2. The molecule has 0 aliphatic heterocycles. The zero-order valence-corrected chi connectivity index (χ0v) is 16.0. The first-order valence-corrected chi connectivity index (χ1v) is 7.79. The van der Waals surface area contributed by atoms with Crippen LogP contribution in [0.25, 0.3) is 21.8 Å². The van der Waals surface area contributed by atoms with Gasteiger partial charge in [0.2, 0.25) is 0 Å². The van der Waals surface area contributed by atoms with Gasteiger partial charge in [0.15, 0.2) is 0 Å². The van der Waals surface area contributed by atoms with Crippen molar-refractivity contribution in [3.63, 3.8) is 0 Å². The summed E-state index contributed by atoms with van der Waals surface area (Å²) in [7, 11) is 0. The van der Waals surface area contributed by atoms with Gasteiger partial charge in [0.05, 0.1) is 0 Å². The van der Waals surface area contributed by atoms with Gasteiger partial charge in [0.1, 0.15) is 0 Å². The van der Waals surface area contributed by atoms with Gasteiger partial charge in [-0.15, -0.1) is 0 Å². The van der Waals surface area contributed by atoms with E-state index >= 15 is 0 Å². The number of H-pyrrole nitrogens is 2. The maximum atomic E-state index is 8.89. The van der Waals surface area contributed by atoms with Crippen LogP contribution < -0.4 is 10.2 Å². The molecule has 2 aromatic heterocycles. The summed E-state index contributed by atoms with van der Waals surface area (Å²) in [5.41, 5.74) is 2.41. The number of carboxylic acid groups (broad SMARTS) is 2. The Kier molecular flexibility index (Phi) is 11.7. The van der Waals surface area contributed by atoms with E-state index in [1.165, 1.54) is 21.8 Å². The molecule has 142 valence electrons. The van der Waals surface area contributed by atoms with Crippen molar-refractivity contribution in [1.29, 1.82) is 0 Å². The Morgan fingerprint density at radius 2 is 0.963 bits per heavy atom. The van der Waals surface area contributed by atoms with E-state index in [1.54, 1.807) is 0 Å². The quantitative estimate of drug-likeness (QED) is 0.433. The van der Waals surface area contributed by atoms with Crippen molar-refractivity contribution in [2.75, 3.05) is 0 Å². The van der Waals surface area contributed by atoms with Gasteiger partial charge in [-0.25, -0.2) is 0 Å². The molecule has 7 heteroatoms. The molecule has 2 aromatic carbocycles. The minimum atomic E-state index is -1.08. The smallest absolute Gasteiger partial charge is 0.550 e. The zero-order chi connectivity index (χ0) is 19.4. The van der Waals surface area contributed by atoms with Crippen molar-refractivity contribution in [1.82, 2.24) is 9.97 Å². The van der Waals surface area contributed by atoms with Gasteiger partial charge in [-0.2, -0.15) is 0 Å². The maximum absolute atomic E-state index is 8.89. The van der Waals surface area contributed by atoms with E-state index in [1.807, 2.05) is 36.7 Å². The third-order valence-corrected chi connectivity index (χ3v) is 2.93. The first-order chi connectivity index (χ1) is 12.4. The minimum absolute atomic E-state index is 0. The summed E-state index contributed by atoms with van der Waals surface area (Å²) in [6, 6.07) is 20.6. The summed E-state index contributed by atoms with van der Waals surface area (Å²) in [6.07, 6.45) is 3.90. The molecule has 0 atom stereocenters. The molecule has 2 heterocycles. The molecule has 0 fully saturated rings. The van der Waals surface area contributed by atoms with E-state index in [0.717, 1.165) is 13.8 Å². The molecule has 4 aromatic rings. The number of rotatable bonds is 0. The topological polar surface area (TPSA) is 112 Å². The number of benzene rings is 2. The molecule has 0 aliphatic carbocycles. The average molecular weight is 408 g/mol. The zero-order valence-electron chi connectivity index (χ0n) is 14.9. The fraction of sp³-hybridized carbons (Fsp3) is 0.100. The predicted octanol–water partition coefficient (Wildman–Crippen LogP) is 1.85. The number of hydrogen-bond acceptors (Lipinski definition) is 4. The molecular weight excluding hydrogens is 388 g/mol. The van der Waals surface area contributed by atoms with Crippen LogP contribution in [0.15, 0.2) is 73.1 Å². The Morgan fingerprint density at radius 1 is 0.667 bits per heavy atom. The third kappa shape index (κ3) is 10.5. The Morgan fingerprint density at radius 3 is 1.26 bits per heavy atom. The molecular formula is C20H20FeN2O4. The fourth-order valence-electron chi connectivity index (χ4n) is 1.99. The van der Waals surface area contributed by atoms with Crippen LogP contribution in [-0.2, 0) is 26.7 Å². The van der Waals surface area contributed by atoms with Crippen LogP contribution >= 0.6 is 0 Å². The van der Waals surface area contributed by atoms with Crippen LogP contribution in [0, 0.1) is 0 Å². The molecule has 0 unspecified atom stereocenters. The van der Waals surface area contributed by atoms with Gasteiger partial charge in [-0.3, -0.25) is 0 Å². The largest absolute Gasteiger partial charge is 2.00 e. The van der Waals surface area contributed by atoms with Crippen molar-refractivity contribution < 1.29 is 36.9 Å². The van der Waals surface area contributed by atoms with Crippen LogP contribution in [0.4, 0.5) is 0 Å². The van der Waals surface area contributed by atoms with Crippen LogP contribution in [-0.4, -0.2) is 21.9 Å². The standard InChI is InChI=1S/2C8H7N.2C2H4O2.Fe/c2*1-2-4-8-7(3-1)5-6-9-8;2*1-2(3)4;/h2*1-6,9H;2*1H3,(H,3,4);/q;;;;+2/p-2. The molecule has 0 aliphatic rings. The van der Waals surface area contributed by atoms with Gasteiger partial charge in [0.25, 0.3) is 0 Å². The second-order valence-electron chi connectivity index (χ2n) is 5.11. The van der Waals surface area contributed by atoms with Gasteiger partial charge in [-0.05, 0) is 48.9 Å². The number of carbonyl (C=O) groups is 2. The summed E-state index contributed by atoms with van der Waals surface area (Å²) in [6.45, 7) is 1.94. The first kappa shape index (κ1) is 24.0. The Bertz CT molecular complexity index is 801.